The Morgan fingerprint density at radius 3 is 1.56 bits per heavy atom. The summed E-state index contributed by atoms with van der Waals surface area (Å²) in [6.07, 6.45) is -4.45. The molecule has 0 bridgehead atoms. The van der Waals surface area contributed by atoms with Crippen LogP contribution in [0.25, 0.3) is 0 Å². The standard InChI is InChI=1S/C10H16Cl2O6/c11-1-7-15-3-5(13)9(17-7)10-6(14)4-16-8(2-12)18-10/h5-10,13-14H,1-4H2. The predicted octanol–water partition coefficient (Wildman–Crippen LogP) is -0.331. The van der Waals surface area contributed by atoms with Crippen molar-refractivity contribution in [2.24, 2.45) is 0 Å². The molecule has 2 fully saturated rings. The van der Waals surface area contributed by atoms with Gasteiger partial charge in [-0.2, -0.15) is 0 Å². The predicted molar refractivity (Wildman–Crippen MR) is 62.7 cm³/mol. The van der Waals surface area contributed by atoms with E-state index >= 15 is 0 Å². The molecule has 106 valence electrons. The normalized spacial score (nSPS) is 46.0. The molecule has 2 aliphatic heterocycles. The number of rotatable bonds is 3. The molecule has 8 heteroatoms. The number of aliphatic hydroxyl groups is 2. The lowest BCUT2D eigenvalue weighted by Gasteiger charge is -2.42. The van der Waals surface area contributed by atoms with Gasteiger partial charge in [-0.25, -0.2) is 0 Å². The fourth-order valence-corrected chi connectivity index (χ4v) is 2.29. The van der Waals surface area contributed by atoms with Gasteiger partial charge in [-0.05, 0) is 0 Å². The van der Waals surface area contributed by atoms with E-state index in [-0.39, 0.29) is 25.0 Å². The van der Waals surface area contributed by atoms with Crippen molar-refractivity contribution < 1.29 is 29.2 Å². The molecule has 2 aliphatic rings. The zero-order chi connectivity index (χ0) is 13.1. The van der Waals surface area contributed by atoms with Crippen molar-refractivity contribution in [2.45, 2.75) is 37.0 Å². The molecule has 0 spiro atoms. The number of hydrogen-bond acceptors (Lipinski definition) is 6. The number of alkyl halides is 2. The second-order valence-electron chi connectivity index (χ2n) is 4.17. The molecule has 6 atom stereocenters. The smallest absolute Gasteiger partial charge is 0.171 e. The van der Waals surface area contributed by atoms with Crippen LogP contribution in [0.2, 0.25) is 0 Å². The topological polar surface area (TPSA) is 77.4 Å². The van der Waals surface area contributed by atoms with E-state index in [4.69, 9.17) is 42.1 Å². The van der Waals surface area contributed by atoms with E-state index in [1.165, 1.54) is 0 Å². The summed E-state index contributed by atoms with van der Waals surface area (Å²) in [5.41, 5.74) is 0. The fourth-order valence-electron chi connectivity index (χ4n) is 1.97. The van der Waals surface area contributed by atoms with Crippen molar-refractivity contribution in [1.82, 2.24) is 0 Å². The van der Waals surface area contributed by atoms with Crippen molar-refractivity contribution in [3.63, 3.8) is 0 Å². The summed E-state index contributed by atoms with van der Waals surface area (Å²) in [5, 5.41) is 19.7. The molecule has 0 amide bonds. The Labute approximate surface area is 115 Å². The third kappa shape index (κ3) is 3.26. The van der Waals surface area contributed by atoms with Crippen LogP contribution in [0, 0.1) is 0 Å². The molecule has 2 rings (SSSR count). The van der Waals surface area contributed by atoms with E-state index in [9.17, 15) is 10.2 Å². The first-order chi connectivity index (χ1) is 8.65. The second kappa shape index (κ2) is 6.67. The Morgan fingerprint density at radius 1 is 0.833 bits per heavy atom. The quantitative estimate of drug-likeness (QED) is 0.695. The van der Waals surface area contributed by atoms with Crippen LogP contribution in [0.4, 0.5) is 0 Å². The first-order valence-corrected chi connectivity index (χ1v) is 6.74. The summed E-state index contributed by atoms with van der Waals surface area (Å²) in [6.45, 7) is 0.169. The average Bonchev–Trinajstić information content (AvgIpc) is 2.40. The van der Waals surface area contributed by atoms with Crippen molar-refractivity contribution in [3.8, 4) is 0 Å². The van der Waals surface area contributed by atoms with Gasteiger partial charge in [0.05, 0.1) is 25.0 Å². The minimum absolute atomic E-state index is 0.0844. The van der Waals surface area contributed by atoms with Crippen molar-refractivity contribution in [3.05, 3.63) is 0 Å². The molecule has 0 aromatic heterocycles. The summed E-state index contributed by atoms with van der Waals surface area (Å²) in [6, 6.07) is 0. The lowest BCUT2D eigenvalue weighted by molar-refractivity contribution is -0.319. The van der Waals surface area contributed by atoms with Crippen LogP contribution < -0.4 is 0 Å². The van der Waals surface area contributed by atoms with E-state index in [1.807, 2.05) is 0 Å². The molecular weight excluding hydrogens is 287 g/mol. The fraction of sp³-hybridized carbons (Fsp3) is 1.00. The van der Waals surface area contributed by atoms with Gasteiger partial charge in [0.15, 0.2) is 12.6 Å². The van der Waals surface area contributed by atoms with Crippen LogP contribution in [0.1, 0.15) is 0 Å². The van der Waals surface area contributed by atoms with Crippen molar-refractivity contribution in [2.75, 3.05) is 25.0 Å². The highest BCUT2D eigenvalue weighted by Gasteiger charge is 2.43. The van der Waals surface area contributed by atoms with Gasteiger partial charge in [0.2, 0.25) is 0 Å². The molecule has 0 aromatic carbocycles. The van der Waals surface area contributed by atoms with Crippen LogP contribution in [0.15, 0.2) is 0 Å². The Bertz CT molecular complexity index is 243. The van der Waals surface area contributed by atoms with E-state index in [0.717, 1.165) is 0 Å². The van der Waals surface area contributed by atoms with Gasteiger partial charge in [0.25, 0.3) is 0 Å². The first-order valence-electron chi connectivity index (χ1n) is 5.68. The zero-order valence-corrected chi connectivity index (χ0v) is 11.1. The van der Waals surface area contributed by atoms with E-state index < -0.39 is 37.0 Å². The lowest BCUT2D eigenvalue weighted by atomic mass is 10.0. The highest BCUT2D eigenvalue weighted by Crippen LogP contribution is 2.25. The van der Waals surface area contributed by atoms with E-state index in [2.05, 4.69) is 0 Å². The summed E-state index contributed by atoms with van der Waals surface area (Å²) in [7, 11) is 0. The lowest BCUT2D eigenvalue weighted by Crippen LogP contribution is -2.58. The van der Waals surface area contributed by atoms with Crippen molar-refractivity contribution >= 4 is 23.2 Å². The third-order valence-electron chi connectivity index (χ3n) is 2.86. The summed E-state index contributed by atoms with van der Waals surface area (Å²) in [5.74, 6) is 0.281. The highest BCUT2D eigenvalue weighted by atomic mass is 35.5. The maximum absolute atomic E-state index is 9.85. The molecule has 6 unspecified atom stereocenters. The van der Waals surface area contributed by atoms with Gasteiger partial charge in [-0.15, -0.1) is 23.2 Å². The second-order valence-corrected chi connectivity index (χ2v) is 4.79. The van der Waals surface area contributed by atoms with Crippen LogP contribution in [-0.2, 0) is 18.9 Å². The molecule has 2 saturated heterocycles. The number of aliphatic hydroxyl groups excluding tert-OH is 2. The number of ether oxygens (including phenoxy) is 4. The molecule has 0 radical (unpaired) electrons. The molecule has 0 aromatic rings. The van der Waals surface area contributed by atoms with Gasteiger partial charge in [0.1, 0.15) is 24.4 Å². The summed E-state index contributed by atoms with van der Waals surface area (Å²) < 4.78 is 21.2. The van der Waals surface area contributed by atoms with Crippen molar-refractivity contribution in [1.29, 1.82) is 0 Å². The minimum Gasteiger partial charge on any atom is -0.388 e. The van der Waals surface area contributed by atoms with Gasteiger partial charge in [0, 0.05) is 0 Å². The molecule has 0 saturated carbocycles. The first kappa shape index (κ1) is 14.7. The van der Waals surface area contributed by atoms with Gasteiger partial charge in [-0.1, -0.05) is 0 Å². The maximum Gasteiger partial charge on any atom is 0.171 e. The monoisotopic (exact) mass is 302 g/mol. The molecule has 2 heterocycles. The SMILES string of the molecule is OC1COC(CCl)OC1C1OC(CCl)OCC1O. The zero-order valence-electron chi connectivity index (χ0n) is 9.58. The Hall–Kier alpha value is 0.340. The Morgan fingerprint density at radius 2 is 1.22 bits per heavy atom. The van der Waals surface area contributed by atoms with Crippen LogP contribution in [-0.4, -0.2) is 72.2 Å². The van der Waals surface area contributed by atoms with Gasteiger partial charge < -0.3 is 29.2 Å². The van der Waals surface area contributed by atoms with Crippen LogP contribution >= 0.6 is 23.2 Å². The molecule has 0 aliphatic carbocycles. The molecule has 2 N–H and O–H groups in total. The minimum atomic E-state index is -0.891. The largest absolute Gasteiger partial charge is 0.388 e. The van der Waals surface area contributed by atoms with E-state index in [1.54, 1.807) is 0 Å². The van der Waals surface area contributed by atoms with Crippen LogP contribution in [0.5, 0.6) is 0 Å². The molecule has 6 nitrogen and oxygen atoms in total. The average molecular weight is 303 g/mol. The summed E-state index contributed by atoms with van der Waals surface area (Å²) in [4.78, 5) is 0. The van der Waals surface area contributed by atoms with Crippen LogP contribution in [0.3, 0.4) is 0 Å². The Kier molecular flexibility index (Phi) is 5.47. The molecular formula is C10H16Cl2O6. The number of hydrogen-bond donors (Lipinski definition) is 2. The highest BCUT2D eigenvalue weighted by molar-refractivity contribution is 6.18. The van der Waals surface area contributed by atoms with Gasteiger partial charge in [-0.3, -0.25) is 0 Å². The summed E-state index contributed by atoms with van der Waals surface area (Å²) >= 11 is 11.3. The van der Waals surface area contributed by atoms with Gasteiger partial charge >= 0.3 is 0 Å². The molecule has 18 heavy (non-hydrogen) atoms. The Balaban J connectivity index is 2.02. The maximum atomic E-state index is 9.85. The van der Waals surface area contributed by atoms with E-state index in [0.29, 0.717) is 0 Å². The number of halogens is 2. The third-order valence-corrected chi connectivity index (χ3v) is 3.36.